The average Bonchev–Trinajstić information content (AvgIpc) is 2.29. The predicted molar refractivity (Wildman–Crippen MR) is 49.1 cm³/mol. The molecule has 1 N–H and O–H groups in total. The first-order chi connectivity index (χ1) is 5.86. The summed E-state index contributed by atoms with van der Waals surface area (Å²) in [6.07, 6.45) is 0.975. The first kappa shape index (κ1) is 10.5. The SMILES string of the molecule is COC(=O)C1(C)CCC(O)C1(C)C. The smallest absolute Gasteiger partial charge is 0.312 e. The fraction of sp³-hybridized carbons (Fsp3) is 0.900. The summed E-state index contributed by atoms with van der Waals surface area (Å²) in [7, 11) is 1.40. The Balaban J connectivity index is 2.98. The Morgan fingerprint density at radius 1 is 1.46 bits per heavy atom. The highest BCUT2D eigenvalue weighted by atomic mass is 16.5. The first-order valence-corrected chi connectivity index (χ1v) is 4.63. The van der Waals surface area contributed by atoms with Crippen LogP contribution in [0.3, 0.4) is 0 Å². The van der Waals surface area contributed by atoms with Gasteiger partial charge >= 0.3 is 5.97 Å². The Kier molecular flexibility index (Phi) is 2.41. The maximum atomic E-state index is 11.6. The van der Waals surface area contributed by atoms with Crippen LogP contribution in [0.25, 0.3) is 0 Å². The van der Waals surface area contributed by atoms with Gasteiger partial charge in [0.05, 0.1) is 18.6 Å². The maximum absolute atomic E-state index is 11.6. The van der Waals surface area contributed by atoms with Crippen molar-refractivity contribution in [3.8, 4) is 0 Å². The number of carbonyl (C=O) groups is 1. The Bertz CT molecular complexity index is 222. The number of hydrogen-bond acceptors (Lipinski definition) is 3. The second kappa shape index (κ2) is 2.98. The molecule has 13 heavy (non-hydrogen) atoms. The molecule has 0 spiro atoms. The number of aliphatic hydroxyl groups is 1. The van der Waals surface area contributed by atoms with E-state index < -0.39 is 11.5 Å². The molecule has 0 aromatic rings. The minimum absolute atomic E-state index is 0.214. The maximum Gasteiger partial charge on any atom is 0.312 e. The minimum Gasteiger partial charge on any atom is -0.469 e. The van der Waals surface area contributed by atoms with Gasteiger partial charge in [-0.05, 0) is 19.8 Å². The number of aliphatic hydroxyl groups excluding tert-OH is 1. The third-order valence-electron chi connectivity index (χ3n) is 3.81. The van der Waals surface area contributed by atoms with Gasteiger partial charge in [0.15, 0.2) is 0 Å². The lowest BCUT2D eigenvalue weighted by Gasteiger charge is -2.37. The number of ether oxygens (including phenoxy) is 1. The molecule has 1 aliphatic rings. The number of esters is 1. The average molecular weight is 186 g/mol. The van der Waals surface area contributed by atoms with Gasteiger partial charge in [-0.25, -0.2) is 0 Å². The second-order valence-electron chi connectivity index (χ2n) is 4.60. The van der Waals surface area contributed by atoms with Crippen molar-refractivity contribution in [3.63, 3.8) is 0 Å². The molecule has 3 nitrogen and oxygen atoms in total. The van der Waals surface area contributed by atoms with Gasteiger partial charge in [0.25, 0.3) is 0 Å². The lowest BCUT2D eigenvalue weighted by atomic mass is 9.68. The number of methoxy groups -OCH3 is 1. The normalized spacial score (nSPS) is 37.5. The van der Waals surface area contributed by atoms with Crippen LogP contribution in [-0.2, 0) is 9.53 Å². The molecular formula is C10H18O3. The van der Waals surface area contributed by atoms with Crippen molar-refractivity contribution in [2.45, 2.75) is 39.7 Å². The molecule has 0 saturated heterocycles. The lowest BCUT2D eigenvalue weighted by Crippen LogP contribution is -2.43. The molecule has 0 heterocycles. The molecule has 1 rings (SSSR count). The second-order valence-corrected chi connectivity index (χ2v) is 4.60. The summed E-state index contributed by atoms with van der Waals surface area (Å²) in [6, 6.07) is 0. The molecule has 1 aliphatic carbocycles. The summed E-state index contributed by atoms with van der Waals surface area (Å²) in [4.78, 5) is 11.6. The molecule has 3 heteroatoms. The first-order valence-electron chi connectivity index (χ1n) is 4.63. The molecule has 76 valence electrons. The highest BCUT2D eigenvalue weighted by Crippen LogP contribution is 2.52. The zero-order valence-corrected chi connectivity index (χ0v) is 8.76. The largest absolute Gasteiger partial charge is 0.469 e. The fourth-order valence-electron chi connectivity index (χ4n) is 2.07. The van der Waals surface area contributed by atoms with Crippen molar-refractivity contribution in [1.82, 2.24) is 0 Å². The standard InChI is InChI=1S/C10H18O3/c1-9(2)7(11)5-6-10(9,3)8(12)13-4/h7,11H,5-6H2,1-4H3. The Hall–Kier alpha value is -0.570. The molecule has 0 aromatic heterocycles. The zero-order chi connectivity index (χ0) is 10.3. The van der Waals surface area contributed by atoms with E-state index in [2.05, 4.69) is 0 Å². The third-order valence-corrected chi connectivity index (χ3v) is 3.81. The van der Waals surface area contributed by atoms with Gasteiger partial charge < -0.3 is 9.84 Å². The molecule has 0 amide bonds. The van der Waals surface area contributed by atoms with Gasteiger partial charge in [0.2, 0.25) is 0 Å². The van der Waals surface area contributed by atoms with Gasteiger partial charge in [0, 0.05) is 5.41 Å². The summed E-state index contributed by atoms with van der Waals surface area (Å²) < 4.78 is 4.77. The van der Waals surface area contributed by atoms with Crippen molar-refractivity contribution < 1.29 is 14.6 Å². The third kappa shape index (κ3) is 1.26. The Labute approximate surface area is 79.1 Å². The van der Waals surface area contributed by atoms with Gasteiger partial charge in [-0.3, -0.25) is 4.79 Å². The van der Waals surface area contributed by atoms with E-state index in [4.69, 9.17) is 4.74 Å². The van der Waals surface area contributed by atoms with Crippen LogP contribution in [0.4, 0.5) is 0 Å². The van der Waals surface area contributed by atoms with Crippen molar-refractivity contribution in [2.24, 2.45) is 10.8 Å². The van der Waals surface area contributed by atoms with E-state index in [0.29, 0.717) is 12.8 Å². The van der Waals surface area contributed by atoms with Crippen LogP contribution >= 0.6 is 0 Å². The zero-order valence-electron chi connectivity index (χ0n) is 8.76. The van der Waals surface area contributed by atoms with Gasteiger partial charge in [0.1, 0.15) is 0 Å². The van der Waals surface area contributed by atoms with Crippen LogP contribution in [0.2, 0.25) is 0 Å². The summed E-state index contributed by atoms with van der Waals surface area (Å²) >= 11 is 0. The van der Waals surface area contributed by atoms with E-state index >= 15 is 0 Å². The van der Waals surface area contributed by atoms with E-state index in [1.54, 1.807) is 0 Å². The summed E-state index contributed by atoms with van der Waals surface area (Å²) in [5.74, 6) is -0.214. The van der Waals surface area contributed by atoms with E-state index in [9.17, 15) is 9.90 Å². The van der Waals surface area contributed by atoms with Crippen molar-refractivity contribution in [2.75, 3.05) is 7.11 Å². The molecule has 0 radical (unpaired) electrons. The van der Waals surface area contributed by atoms with Crippen molar-refractivity contribution in [1.29, 1.82) is 0 Å². The Morgan fingerprint density at radius 3 is 2.31 bits per heavy atom. The molecule has 0 bridgehead atoms. The molecule has 0 aliphatic heterocycles. The van der Waals surface area contributed by atoms with Crippen LogP contribution in [0.1, 0.15) is 33.6 Å². The fourth-order valence-corrected chi connectivity index (χ4v) is 2.07. The van der Waals surface area contributed by atoms with Crippen LogP contribution in [0, 0.1) is 10.8 Å². The van der Waals surface area contributed by atoms with E-state index in [0.717, 1.165) is 0 Å². The predicted octanol–water partition coefficient (Wildman–Crippen LogP) is 1.35. The molecule has 2 atom stereocenters. The van der Waals surface area contributed by atoms with E-state index in [-0.39, 0.29) is 11.4 Å². The van der Waals surface area contributed by atoms with Crippen LogP contribution in [0.15, 0.2) is 0 Å². The van der Waals surface area contributed by atoms with E-state index in [1.807, 2.05) is 20.8 Å². The summed E-state index contributed by atoms with van der Waals surface area (Å²) in [6.45, 7) is 5.71. The summed E-state index contributed by atoms with van der Waals surface area (Å²) in [5.41, 5.74) is -0.929. The van der Waals surface area contributed by atoms with Crippen LogP contribution in [0.5, 0.6) is 0 Å². The molecule has 0 aromatic carbocycles. The molecular weight excluding hydrogens is 168 g/mol. The lowest BCUT2D eigenvalue weighted by molar-refractivity contribution is -0.159. The monoisotopic (exact) mass is 186 g/mol. The van der Waals surface area contributed by atoms with Crippen molar-refractivity contribution >= 4 is 5.97 Å². The highest BCUT2D eigenvalue weighted by Gasteiger charge is 2.56. The summed E-state index contributed by atoms with van der Waals surface area (Å²) in [5, 5.41) is 9.73. The van der Waals surface area contributed by atoms with Gasteiger partial charge in [-0.15, -0.1) is 0 Å². The highest BCUT2D eigenvalue weighted by molar-refractivity contribution is 5.78. The van der Waals surface area contributed by atoms with E-state index in [1.165, 1.54) is 7.11 Å². The van der Waals surface area contributed by atoms with Crippen LogP contribution in [-0.4, -0.2) is 24.3 Å². The quantitative estimate of drug-likeness (QED) is 0.629. The minimum atomic E-state index is -0.541. The Morgan fingerprint density at radius 2 is 2.00 bits per heavy atom. The topological polar surface area (TPSA) is 46.5 Å². The number of rotatable bonds is 1. The molecule has 1 fully saturated rings. The number of carbonyl (C=O) groups excluding carboxylic acids is 1. The van der Waals surface area contributed by atoms with Crippen LogP contribution < -0.4 is 0 Å². The van der Waals surface area contributed by atoms with Gasteiger partial charge in [-0.1, -0.05) is 13.8 Å². The number of hydrogen-bond donors (Lipinski definition) is 1. The van der Waals surface area contributed by atoms with Gasteiger partial charge in [-0.2, -0.15) is 0 Å². The molecule has 1 saturated carbocycles. The van der Waals surface area contributed by atoms with Crippen molar-refractivity contribution in [3.05, 3.63) is 0 Å². The molecule has 2 unspecified atom stereocenters.